The lowest BCUT2D eigenvalue weighted by Gasteiger charge is -2.15. The van der Waals surface area contributed by atoms with Crippen molar-refractivity contribution in [1.29, 1.82) is 0 Å². The Hall–Kier alpha value is -1.03. The Morgan fingerprint density at radius 2 is 2.31 bits per heavy atom. The Morgan fingerprint density at radius 1 is 1.54 bits per heavy atom. The summed E-state index contributed by atoms with van der Waals surface area (Å²) in [6.07, 6.45) is 2.52. The Kier molecular flexibility index (Phi) is 1.80. The zero-order chi connectivity index (χ0) is 9.47. The van der Waals surface area contributed by atoms with E-state index < -0.39 is 0 Å². The maximum Gasteiger partial charge on any atom is 0.288 e. The molecule has 0 saturated carbocycles. The zero-order valence-corrected chi connectivity index (χ0v) is 8.39. The molecule has 0 fully saturated rings. The molecule has 0 unspecified atom stereocenters. The Morgan fingerprint density at radius 3 is 3.08 bits per heavy atom. The predicted molar refractivity (Wildman–Crippen MR) is 52.4 cm³/mol. The summed E-state index contributed by atoms with van der Waals surface area (Å²) in [6, 6.07) is 0. The van der Waals surface area contributed by atoms with Crippen LogP contribution in [0.2, 0.25) is 0 Å². The number of aromatic nitrogens is 1. The smallest absolute Gasteiger partial charge is 0.266 e. The highest BCUT2D eigenvalue weighted by atomic mass is 32.1. The molecule has 0 N–H and O–H groups in total. The number of nitrogens with zero attached hydrogens (tertiary/aromatic N) is 2. The minimum absolute atomic E-state index is 0.0605. The predicted octanol–water partition coefficient (Wildman–Crippen LogP) is 1.94. The lowest BCUT2D eigenvalue weighted by Crippen LogP contribution is -2.15. The van der Waals surface area contributed by atoms with Crippen molar-refractivity contribution in [3.8, 4) is 0 Å². The normalized spacial score (nSPS) is 19.7. The highest BCUT2D eigenvalue weighted by molar-refractivity contribution is 7.11. The molecule has 13 heavy (non-hydrogen) atoms. The van der Waals surface area contributed by atoms with E-state index in [9.17, 15) is 4.79 Å². The summed E-state index contributed by atoms with van der Waals surface area (Å²) in [7, 11) is 0. The number of hydrogen-bond donors (Lipinski definition) is 0. The number of carbonyl (C=O) groups excluding carboxylic acids is 1. The van der Waals surface area contributed by atoms with Crippen LogP contribution < -0.4 is 0 Å². The first kappa shape index (κ1) is 8.56. The fraction of sp³-hybridized carbons (Fsp3) is 0.444. The van der Waals surface area contributed by atoms with Crippen LogP contribution in [-0.4, -0.2) is 17.1 Å². The van der Waals surface area contributed by atoms with E-state index in [4.69, 9.17) is 0 Å². The van der Waals surface area contributed by atoms with E-state index in [0.717, 1.165) is 12.1 Å². The summed E-state index contributed by atoms with van der Waals surface area (Å²) in [5.41, 5.74) is 2.53. The number of hydrogen-bond acceptors (Lipinski definition) is 3. The first-order valence-electron chi connectivity index (χ1n) is 4.10. The molecule has 2 rings (SSSR count). The van der Waals surface area contributed by atoms with Crippen LogP contribution in [0.3, 0.4) is 0 Å². The van der Waals surface area contributed by atoms with Gasteiger partial charge in [0.05, 0.1) is 11.2 Å². The average molecular weight is 194 g/mol. The molecule has 1 amide bonds. The Labute approximate surface area is 80.5 Å². The van der Waals surface area contributed by atoms with Gasteiger partial charge in [-0.2, -0.15) is 0 Å². The third-order valence-electron chi connectivity index (χ3n) is 1.99. The van der Waals surface area contributed by atoms with Gasteiger partial charge in [-0.05, 0) is 0 Å². The molecule has 2 heterocycles. The van der Waals surface area contributed by atoms with Crippen molar-refractivity contribution < 1.29 is 4.79 Å². The summed E-state index contributed by atoms with van der Waals surface area (Å²) < 4.78 is 0. The molecule has 0 aromatic carbocycles. The van der Waals surface area contributed by atoms with Crippen molar-refractivity contribution in [2.24, 2.45) is 10.4 Å². The second-order valence-electron chi connectivity index (χ2n) is 3.86. The molecule has 0 saturated heterocycles. The molecular formula is C9H10N2OS. The molecule has 4 heteroatoms. The van der Waals surface area contributed by atoms with Crippen LogP contribution in [0.1, 0.15) is 29.2 Å². The quantitative estimate of drug-likeness (QED) is 0.633. The lowest BCUT2D eigenvalue weighted by molar-refractivity contribution is 0.101. The second kappa shape index (κ2) is 2.73. The van der Waals surface area contributed by atoms with Crippen molar-refractivity contribution in [1.82, 2.24) is 4.98 Å². The number of thiazole rings is 1. The van der Waals surface area contributed by atoms with Crippen molar-refractivity contribution in [3.63, 3.8) is 0 Å². The fourth-order valence-corrected chi connectivity index (χ4v) is 2.04. The average Bonchev–Trinajstić information content (AvgIpc) is 2.44. The topological polar surface area (TPSA) is 42.3 Å². The van der Waals surface area contributed by atoms with Crippen LogP contribution in [0.25, 0.3) is 0 Å². The second-order valence-corrected chi connectivity index (χ2v) is 4.71. The van der Waals surface area contributed by atoms with Gasteiger partial charge in [0.2, 0.25) is 0 Å². The monoisotopic (exact) mass is 194 g/mol. The summed E-state index contributed by atoms with van der Waals surface area (Å²) >= 11 is 1.37. The number of amides is 1. The first-order chi connectivity index (χ1) is 6.08. The molecule has 0 bridgehead atoms. The Balaban J connectivity index is 2.51. The Bertz CT molecular complexity index is 379. The van der Waals surface area contributed by atoms with Crippen LogP contribution in [-0.2, 0) is 6.42 Å². The van der Waals surface area contributed by atoms with Gasteiger partial charge in [-0.15, -0.1) is 11.3 Å². The van der Waals surface area contributed by atoms with Gasteiger partial charge in [-0.25, -0.2) is 9.98 Å². The van der Waals surface area contributed by atoms with Crippen LogP contribution >= 0.6 is 11.3 Å². The summed E-state index contributed by atoms with van der Waals surface area (Å²) in [5.74, 6) is -0.150. The van der Waals surface area contributed by atoms with Gasteiger partial charge < -0.3 is 0 Å². The van der Waals surface area contributed by atoms with E-state index in [2.05, 4.69) is 23.8 Å². The van der Waals surface area contributed by atoms with E-state index in [1.54, 1.807) is 11.7 Å². The molecule has 0 spiro atoms. The van der Waals surface area contributed by atoms with Gasteiger partial charge in [0, 0.05) is 18.1 Å². The van der Waals surface area contributed by atoms with Crippen LogP contribution in [0.4, 0.5) is 0 Å². The molecule has 68 valence electrons. The minimum Gasteiger partial charge on any atom is -0.266 e. The van der Waals surface area contributed by atoms with Gasteiger partial charge in [-0.1, -0.05) is 13.8 Å². The van der Waals surface area contributed by atoms with Gasteiger partial charge in [-0.3, -0.25) is 4.79 Å². The molecule has 1 aliphatic rings. The highest BCUT2D eigenvalue weighted by Gasteiger charge is 2.25. The summed E-state index contributed by atoms with van der Waals surface area (Å²) in [4.78, 5) is 20.2. The van der Waals surface area contributed by atoms with Crippen molar-refractivity contribution in [2.75, 3.05) is 0 Å². The molecule has 1 aromatic heterocycles. The third kappa shape index (κ3) is 1.54. The summed E-state index contributed by atoms with van der Waals surface area (Å²) in [5, 5.41) is 0. The zero-order valence-electron chi connectivity index (χ0n) is 7.57. The SMILES string of the molecule is CC1(C)C=NC(=O)c2scnc2C1. The van der Waals surface area contributed by atoms with Gasteiger partial charge in [0.1, 0.15) is 4.88 Å². The fourth-order valence-electron chi connectivity index (χ4n) is 1.34. The van der Waals surface area contributed by atoms with Crippen LogP contribution in [0, 0.1) is 5.41 Å². The molecule has 1 aromatic rings. The highest BCUT2D eigenvalue weighted by Crippen LogP contribution is 2.26. The van der Waals surface area contributed by atoms with E-state index in [-0.39, 0.29) is 11.3 Å². The lowest BCUT2D eigenvalue weighted by atomic mass is 9.90. The maximum absolute atomic E-state index is 11.4. The van der Waals surface area contributed by atoms with Crippen molar-refractivity contribution in [2.45, 2.75) is 20.3 Å². The van der Waals surface area contributed by atoms with E-state index in [1.165, 1.54) is 11.3 Å². The van der Waals surface area contributed by atoms with E-state index in [1.807, 2.05) is 0 Å². The maximum atomic E-state index is 11.4. The largest absolute Gasteiger partial charge is 0.288 e. The standard InChI is InChI=1S/C9H10N2OS/c1-9(2)3-6-7(13-5-11-6)8(12)10-4-9/h4-5H,3H2,1-2H3. The first-order valence-corrected chi connectivity index (χ1v) is 4.98. The van der Waals surface area contributed by atoms with Crippen LogP contribution in [0.15, 0.2) is 10.5 Å². The summed E-state index contributed by atoms with van der Waals surface area (Å²) in [6.45, 7) is 4.11. The number of carbonyl (C=O) groups is 1. The third-order valence-corrected chi connectivity index (χ3v) is 2.85. The van der Waals surface area contributed by atoms with Gasteiger partial charge in [0.25, 0.3) is 5.91 Å². The molecule has 0 atom stereocenters. The van der Waals surface area contributed by atoms with E-state index in [0.29, 0.717) is 4.88 Å². The molecular weight excluding hydrogens is 184 g/mol. The molecule has 3 nitrogen and oxygen atoms in total. The number of fused-ring (bicyclic) bond motifs is 1. The number of rotatable bonds is 0. The minimum atomic E-state index is -0.150. The molecule has 1 aliphatic heterocycles. The van der Waals surface area contributed by atoms with Gasteiger partial charge in [0.15, 0.2) is 0 Å². The van der Waals surface area contributed by atoms with Crippen molar-refractivity contribution >= 4 is 23.5 Å². The van der Waals surface area contributed by atoms with Gasteiger partial charge >= 0.3 is 0 Å². The van der Waals surface area contributed by atoms with Crippen LogP contribution in [0.5, 0.6) is 0 Å². The van der Waals surface area contributed by atoms with E-state index >= 15 is 0 Å². The number of aliphatic imine (C=N–C) groups is 1. The van der Waals surface area contributed by atoms with Crippen molar-refractivity contribution in [3.05, 3.63) is 16.1 Å². The molecule has 0 radical (unpaired) electrons. The molecule has 0 aliphatic carbocycles.